The van der Waals surface area contributed by atoms with Crippen LogP contribution in [0.25, 0.3) is 16.3 Å². The van der Waals surface area contributed by atoms with Gasteiger partial charge in [-0.3, -0.25) is 14.9 Å². The number of nitro groups is 1. The van der Waals surface area contributed by atoms with Gasteiger partial charge in [-0.2, -0.15) is 4.99 Å². The zero-order valence-electron chi connectivity index (χ0n) is 13.6. The summed E-state index contributed by atoms with van der Waals surface area (Å²) in [7, 11) is 0. The molecule has 128 valence electrons. The highest BCUT2D eigenvalue weighted by Gasteiger charge is 2.08. The molecular formula is C17H15N3O3S2. The van der Waals surface area contributed by atoms with Crippen LogP contribution in [0.2, 0.25) is 0 Å². The van der Waals surface area contributed by atoms with Gasteiger partial charge in [-0.1, -0.05) is 28.7 Å². The van der Waals surface area contributed by atoms with E-state index in [2.05, 4.69) is 11.1 Å². The van der Waals surface area contributed by atoms with Gasteiger partial charge in [0.15, 0.2) is 4.80 Å². The fourth-order valence-electron chi connectivity index (χ4n) is 2.39. The van der Waals surface area contributed by atoms with E-state index in [9.17, 15) is 14.9 Å². The SMILES string of the molecule is CCn1c(=NC(=O)/C=C/c2ccc([N+](=O)[O-])s2)sc2cc(C)ccc21. The van der Waals surface area contributed by atoms with Crippen molar-refractivity contribution in [1.29, 1.82) is 0 Å². The summed E-state index contributed by atoms with van der Waals surface area (Å²) in [6.07, 6.45) is 2.89. The van der Waals surface area contributed by atoms with Crippen LogP contribution in [-0.2, 0) is 11.3 Å². The summed E-state index contributed by atoms with van der Waals surface area (Å²) in [6.45, 7) is 4.76. The number of benzene rings is 1. The molecule has 0 saturated carbocycles. The Morgan fingerprint density at radius 2 is 2.12 bits per heavy atom. The van der Waals surface area contributed by atoms with Gasteiger partial charge in [0.25, 0.3) is 5.91 Å². The minimum Gasteiger partial charge on any atom is -0.317 e. The van der Waals surface area contributed by atoms with Crippen LogP contribution in [0.4, 0.5) is 5.00 Å². The number of thiophene rings is 1. The van der Waals surface area contributed by atoms with Crippen molar-refractivity contribution in [1.82, 2.24) is 4.57 Å². The van der Waals surface area contributed by atoms with Gasteiger partial charge < -0.3 is 4.57 Å². The summed E-state index contributed by atoms with van der Waals surface area (Å²) in [5.41, 5.74) is 2.22. The van der Waals surface area contributed by atoms with Gasteiger partial charge in [0.05, 0.1) is 15.1 Å². The van der Waals surface area contributed by atoms with Gasteiger partial charge in [0, 0.05) is 23.6 Å². The lowest BCUT2D eigenvalue weighted by Gasteiger charge is -1.99. The number of nitrogens with zero attached hydrogens (tertiary/aromatic N) is 3. The maximum absolute atomic E-state index is 12.1. The van der Waals surface area contributed by atoms with Crippen molar-refractivity contribution in [3.8, 4) is 0 Å². The molecule has 0 aliphatic carbocycles. The number of amides is 1. The molecule has 0 aliphatic rings. The molecule has 0 atom stereocenters. The first kappa shape index (κ1) is 17.2. The number of hydrogen-bond acceptors (Lipinski definition) is 5. The Labute approximate surface area is 151 Å². The molecule has 1 aromatic carbocycles. The van der Waals surface area contributed by atoms with E-state index >= 15 is 0 Å². The second-order valence-electron chi connectivity index (χ2n) is 5.32. The van der Waals surface area contributed by atoms with E-state index in [0.29, 0.717) is 9.68 Å². The smallest absolute Gasteiger partial charge is 0.317 e. The van der Waals surface area contributed by atoms with E-state index < -0.39 is 4.92 Å². The van der Waals surface area contributed by atoms with Gasteiger partial charge in [-0.05, 0) is 43.7 Å². The van der Waals surface area contributed by atoms with Gasteiger partial charge in [0.2, 0.25) is 0 Å². The topological polar surface area (TPSA) is 77.5 Å². The summed E-state index contributed by atoms with van der Waals surface area (Å²) in [6, 6.07) is 9.19. The fraction of sp³-hybridized carbons (Fsp3) is 0.176. The highest BCUT2D eigenvalue weighted by Crippen LogP contribution is 2.24. The van der Waals surface area contributed by atoms with Crippen molar-refractivity contribution in [2.75, 3.05) is 0 Å². The molecular weight excluding hydrogens is 358 g/mol. The Morgan fingerprint density at radius 3 is 2.80 bits per heavy atom. The predicted molar refractivity (Wildman–Crippen MR) is 101 cm³/mol. The number of carbonyl (C=O) groups is 1. The molecule has 0 saturated heterocycles. The maximum Gasteiger partial charge on any atom is 0.324 e. The van der Waals surface area contributed by atoms with Crippen LogP contribution < -0.4 is 4.80 Å². The fourth-order valence-corrected chi connectivity index (χ4v) is 4.31. The van der Waals surface area contributed by atoms with Crippen molar-refractivity contribution in [2.45, 2.75) is 20.4 Å². The van der Waals surface area contributed by atoms with E-state index in [1.165, 1.54) is 23.5 Å². The number of carbonyl (C=O) groups excluding carboxylic acids is 1. The van der Waals surface area contributed by atoms with E-state index in [4.69, 9.17) is 0 Å². The molecule has 3 rings (SSSR count). The first-order valence-corrected chi connectivity index (χ1v) is 9.22. The first-order chi connectivity index (χ1) is 12.0. The molecule has 1 amide bonds. The molecule has 0 spiro atoms. The first-order valence-electron chi connectivity index (χ1n) is 7.59. The third-order valence-corrected chi connectivity index (χ3v) is 5.59. The lowest BCUT2D eigenvalue weighted by Crippen LogP contribution is -2.15. The summed E-state index contributed by atoms with van der Waals surface area (Å²) in [5.74, 6) is -0.387. The van der Waals surface area contributed by atoms with Gasteiger partial charge in [0.1, 0.15) is 0 Å². The van der Waals surface area contributed by atoms with E-state index in [0.717, 1.165) is 33.7 Å². The molecule has 6 nitrogen and oxygen atoms in total. The largest absolute Gasteiger partial charge is 0.324 e. The maximum atomic E-state index is 12.1. The van der Waals surface area contributed by atoms with Crippen molar-refractivity contribution in [2.24, 2.45) is 4.99 Å². The minimum atomic E-state index is -0.447. The monoisotopic (exact) mass is 373 g/mol. The molecule has 2 heterocycles. The summed E-state index contributed by atoms with van der Waals surface area (Å²) in [4.78, 5) is 27.9. The highest BCUT2D eigenvalue weighted by atomic mass is 32.1. The molecule has 0 radical (unpaired) electrons. The number of hydrogen-bond donors (Lipinski definition) is 0. The Hall–Kier alpha value is -2.58. The Balaban J connectivity index is 1.91. The Bertz CT molecular complexity index is 1060. The quantitative estimate of drug-likeness (QED) is 0.392. The van der Waals surface area contributed by atoms with Crippen LogP contribution in [0, 0.1) is 17.0 Å². The third kappa shape index (κ3) is 3.75. The van der Waals surface area contributed by atoms with Gasteiger partial charge in [-0.25, -0.2) is 0 Å². The number of thiazole rings is 1. The van der Waals surface area contributed by atoms with Crippen LogP contribution in [0.1, 0.15) is 17.4 Å². The molecule has 3 aromatic rings. The summed E-state index contributed by atoms with van der Waals surface area (Å²) >= 11 is 2.50. The van der Waals surface area contributed by atoms with Crippen LogP contribution in [0.5, 0.6) is 0 Å². The van der Waals surface area contributed by atoms with Crippen molar-refractivity contribution < 1.29 is 9.72 Å². The molecule has 0 N–H and O–H groups in total. The van der Waals surface area contributed by atoms with E-state index in [1.807, 2.05) is 30.5 Å². The minimum absolute atomic E-state index is 0.0488. The molecule has 0 unspecified atom stereocenters. The predicted octanol–water partition coefficient (Wildman–Crippen LogP) is 4.14. The molecule has 2 aromatic heterocycles. The molecule has 25 heavy (non-hydrogen) atoms. The van der Waals surface area contributed by atoms with Crippen molar-refractivity contribution >= 4 is 49.9 Å². The molecule has 8 heteroatoms. The summed E-state index contributed by atoms with van der Waals surface area (Å²) in [5, 5.41) is 10.7. The number of rotatable bonds is 4. The second kappa shape index (κ2) is 7.12. The normalized spacial score (nSPS) is 12.3. The number of aromatic nitrogens is 1. The molecule has 0 bridgehead atoms. The van der Waals surface area contributed by atoms with Crippen molar-refractivity contribution in [3.05, 3.63) is 61.8 Å². The second-order valence-corrected chi connectivity index (χ2v) is 7.42. The van der Waals surface area contributed by atoms with Crippen LogP contribution >= 0.6 is 22.7 Å². The van der Waals surface area contributed by atoms with Crippen LogP contribution in [0.3, 0.4) is 0 Å². The average Bonchev–Trinajstić information content (AvgIpc) is 3.16. The number of fused-ring (bicyclic) bond motifs is 1. The Morgan fingerprint density at radius 1 is 1.32 bits per heavy atom. The lowest BCUT2D eigenvalue weighted by molar-refractivity contribution is -0.380. The van der Waals surface area contributed by atoms with Gasteiger partial charge >= 0.3 is 5.00 Å². The van der Waals surface area contributed by atoms with Crippen LogP contribution in [0.15, 0.2) is 41.4 Å². The number of aryl methyl sites for hydroxylation is 2. The van der Waals surface area contributed by atoms with E-state index in [1.54, 1.807) is 12.1 Å². The highest BCUT2D eigenvalue weighted by molar-refractivity contribution is 7.16. The zero-order chi connectivity index (χ0) is 18.0. The van der Waals surface area contributed by atoms with Crippen LogP contribution in [-0.4, -0.2) is 15.4 Å². The molecule has 0 fully saturated rings. The average molecular weight is 373 g/mol. The zero-order valence-corrected chi connectivity index (χ0v) is 15.3. The Kier molecular flexibility index (Phi) is 4.91. The van der Waals surface area contributed by atoms with Crippen molar-refractivity contribution in [3.63, 3.8) is 0 Å². The van der Waals surface area contributed by atoms with E-state index in [-0.39, 0.29) is 10.9 Å². The van der Waals surface area contributed by atoms with Gasteiger partial charge in [-0.15, -0.1) is 0 Å². The third-order valence-electron chi connectivity index (χ3n) is 3.54. The lowest BCUT2D eigenvalue weighted by atomic mass is 10.2. The molecule has 0 aliphatic heterocycles. The summed E-state index contributed by atoms with van der Waals surface area (Å²) < 4.78 is 3.09. The standard InChI is InChI=1S/C17H15N3O3S2/c1-3-19-13-7-4-11(2)10-14(13)25-17(19)18-15(21)8-5-12-6-9-16(24-12)20(22)23/h4-10H,3H2,1-2H3/b8-5+,18-17?.